The van der Waals surface area contributed by atoms with E-state index in [1.807, 2.05) is 6.92 Å². The Kier molecular flexibility index (Phi) is 4.03. The molecule has 104 valence electrons. The molecule has 0 radical (unpaired) electrons. The monoisotopic (exact) mass is 273 g/mol. The Bertz CT molecular complexity index is 623. The lowest BCUT2D eigenvalue weighted by atomic mass is 10.1. The summed E-state index contributed by atoms with van der Waals surface area (Å²) in [5.74, 6) is 0.267. The highest BCUT2D eigenvalue weighted by Gasteiger charge is 2.14. The predicted octanol–water partition coefficient (Wildman–Crippen LogP) is 3.42. The number of carbonyl (C=O) groups is 1. The number of hydrogen-bond acceptors (Lipinski definition) is 2. The summed E-state index contributed by atoms with van der Waals surface area (Å²) in [5, 5.41) is 0. The maximum absolute atomic E-state index is 12.9. The van der Waals surface area contributed by atoms with Crippen molar-refractivity contribution in [2.45, 2.75) is 6.92 Å². The fourth-order valence-corrected chi connectivity index (χ4v) is 1.99. The van der Waals surface area contributed by atoms with Gasteiger partial charge in [0.15, 0.2) is 0 Å². The molecule has 0 unspecified atom stereocenters. The Labute approximate surface area is 117 Å². The lowest BCUT2D eigenvalue weighted by Crippen LogP contribution is -2.26. The molecule has 1 amide bonds. The first-order chi connectivity index (χ1) is 9.52. The SMILES string of the molecule is COc1ccc(C(=O)N(C)c2ccc(F)cc2)cc1C. The zero-order valence-electron chi connectivity index (χ0n) is 11.7. The van der Waals surface area contributed by atoms with Crippen LogP contribution in [0.3, 0.4) is 0 Å². The minimum Gasteiger partial charge on any atom is -0.496 e. The van der Waals surface area contributed by atoms with Crippen LogP contribution in [0, 0.1) is 12.7 Å². The van der Waals surface area contributed by atoms with Crippen molar-refractivity contribution in [1.29, 1.82) is 0 Å². The van der Waals surface area contributed by atoms with Gasteiger partial charge in [-0.15, -0.1) is 0 Å². The van der Waals surface area contributed by atoms with Crippen LogP contribution in [-0.4, -0.2) is 20.1 Å². The van der Waals surface area contributed by atoms with Gasteiger partial charge in [0.05, 0.1) is 7.11 Å². The number of hydrogen-bond donors (Lipinski definition) is 0. The number of ether oxygens (including phenoxy) is 1. The number of rotatable bonds is 3. The molecular formula is C16H16FNO2. The molecular weight excluding hydrogens is 257 g/mol. The molecule has 0 aliphatic carbocycles. The molecule has 0 spiro atoms. The van der Waals surface area contributed by atoms with Gasteiger partial charge in [-0.1, -0.05) is 0 Å². The van der Waals surface area contributed by atoms with Crippen molar-refractivity contribution in [1.82, 2.24) is 0 Å². The minimum absolute atomic E-state index is 0.151. The quantitative estimate of drug-likeness (QED) is 0.857. The van der Waals surface area contributed by atoms with Crippen LogP contribution in [0.4, 0.5) is 10.1 Å². The van der Waals surface area contributed by atoms with Gasteiger partial charge in [-0.3, -0.25) is 4.79 Å². The van der Waals surface area contributed by atoms with Crippen LogP contribution in [0.25, 0.3) is 0 Å². The lowest BCUT2D eigenvalue weighted by Gasteiger charge is -2.18. The maximum Gasteiger partial charge on any atom is 0.258 e. The molecule has 2 rings (SSSR count). The first-order valence-electron chi connectivity index (χ1n) is 6.21. The van der Waals surface area contributed by atoms with Crippen LogP contribution in [0.1, 0.15) is 15.9 Å². The Hall–Kier alpha value is -2.36. The fraction of sp³-hybridized carbons (Fsp3) is 0.188. The first kappa shape index (κ1) is 14.1. The maximum atomic E-state index is 12.9. The summed E-state index contributed by atoms with van der Waals surface area (Å²) in [5.41, 5.74) is 2.10. The van der Waals surface area contributed by atoms with Gasteiger partial charge >= 0.3 is 0 Å². The average molecular weight is 273 g/mol. The summed E-state index contributed by atoms with van der Waals surface area (Å²) in [6, 6.07) is 11.1. The molecule has 0 aliphatic heterocycles. The van der Waals surface area contributed by atoms with Crippen LogP contribution >= 0.6 is 0 Å². The minimum atomic E-state index is -0.324. The van der Waals surface area contributed by atoms with E-state index in [4.69, 9.17) is 4.74 Å². The van der Waals surface area contributed by atoms with E-state index in [1.54, 1.807) is 44.5 Å². The Morgan fingerprint density at radius 3 is 2.35 bits per heavy atom. The number of amides is 1. The van der Waals surface area contributed by atoms with Gasteiger partial charge in [-0.2, -0.15) is 0 Å². The molecule has 2 aromatic carbocycles. The highest BCUT2D eigenvalue weighted by molar-refractivity contribution is 6.05. The second-order valence-corrected chi connectivity index (χ2v) is 4.52. The summed E-state index contributed by atoms with van der Waals surface area (Å²) < 4.78 is 18.1. The van der Waals surface area contributed by atoms with Crippen molar-refractivity contribution in [3.63, 3.8) is 0 Å². The van der Waals surface area contributed by atoms with Crippen molar-refractivity contribution in [2.24, 2.45) is 0 Å². The molecule has 4 heteroatoms. The van der Waals surface area contributed by atoms with Gasteiger partial charge in [0, 0.05) is 18.3 Å². The van der Waals surface area contributed by atoms with Gasteiger partial charge in [0.2, 0.25) is 0 Å². The van der Waals surface area contributed by atoms with Gasteiger partial charge in [0.1, 0.15) is 11.6 Å². The Morgan fingerprint density at radius 2 is 1.80 bits per heavy atom. The molecule has 0 heterocycles. The third-order valence-electron chi connectivity index (χ3n) is 3.16. The molecule has 0 saturated heterocycles. The number of anilines is 1. The highest BCUT2D eigenvalue weighted by Crippen LogP contribution is 2.21. The molecule has 0 aliphatic rings. The van der Waals surface area contributed by atoms with Crippen molar-refractivity contribution in [2.75, 3.05) is 19.1 Å². The Balaban J connectivity index is 2.26. The Morgan fingerprint density at radius 1 is 1.15 bits per heavy atom. The summed E-state index contributed by atoms with van der Waals surface area (Å²) in [6.45, 7) is 1.88. The zero-order valence-corrected chi connectivity index (χ0v) is 11.7. The van der Waals surface area contributed by atoms with Crippen molar-refractivity contribution >= 4 is 11.6 Å². The number of nitrogens with zero attached hydrogens (tertiary/aromatic N) is 1. The number of benzene rings is 2. The van der Waals surface area contributed by atoms with Crippen LogP contribution in [0.2, 0.25) is 0 Å². The van der Waals surface area contributed by atoms with Gasteiger partial charge in [-0.25, -0.2) is 4.39 Å². The topological polar surface area (TPSA) is 29.5 Å². The zero-order chi connectivity index (χ0) is 14.7. The molecule has 0 saturated carbocycles. The van der Waals surface area contributed by atoms with Crippen LogP contribution in [-0.2, 0) is 0 Å². The number of aryl methyl sites for hydroxylation is 1. The number of methoxy groups -OCH3 is 1. The second-order valence-electron chi connectivity index (χ2n) is 4.52. The van der Waals surface area contributed by atoms with Gasteiger partial charge in [0.25, 0.3) is 5.91 Å². The van der Waals surface area contributed by atoms with E-state index >= 15 is 0 Å². The average Bonchev–Trinajstić information content (AvgIpc) is 2.46. The van der Waals surface area contributed by atoms with E-state index in [0.29, 0.717) is 11.3 Å². The molecule has 0 atom stereocenters. The summed E-state index contributed by atoms with van der Waals surface area (Å²) in [6.07, 6.45) is 0. The highest BCUT2D eigenvalue weighted by atomic mass is 19.1. The number of carbonyl (C=O) groups excluding carboxylic acids is 1. The van der Waals surface area contributed by atoms with Crippen molar-refractivity contribution in [3.8, 4) is 5.75 Å². The molecule has 3 nitrogen and oxygen atoms in total. The van der Waals surface area contributed by atoms with Crippen LogP contribution < -0.4 is 9.64 Å². The first-order valence-corrected chi connectivity index (χ1v) is 6.21. The van der Waals surface area contributed by atoms with Gasteiger partial charge in [-0.05, 0) is 55.0 Å². The normalized spacial score (nSPS) is 10.2. The summed E-state index contributed by atoms with van der Waals surface area (Å²) >= 11 is 0. The molecule has 0 aromatic heterocycles. The molecule has 20 heavy (non-hydrogen) atoms. The molecule has 0 bridgehead atoms. The van der Waals surface area contributed by atoms with E-state index in [0.717, 1.165) is 11.3 Å². The second kappa shape index (κ2) is 5.74. The standard InChI is InChI=1S/C16H16FNO2/c1-11-10-12(4-9-15(11)20-3)16(19)18(2)14-7-5-13(17)6-8-14/h4-10H,1-3H3. The van der Waals surface area contributed by atoms with E-state index in [2.05, 4.69) is 0 Å². The van der Waals surface area contributed by atoms with Crippen LogP contribution in [0.5, 0.6) is 5.75 Å². The van der Waals surface area contributed by atoms with E-state index < -0.39 is 0 Å². The number of halogens is 1. The summed E-state index contributed by atoms with van der Waals surface area (Å²) in [7, 11) is 3.25. The van der Waals surface area contributed by atoms with E-state index in [-0.39, 0.29) is 11.7 Å². The third-order valence-corrected chi connectivity index (χ3v) is 3.16. The van der Waals surface area contributed by atoms with Crippen molar-refractivity contribution in [3.05, 3.63) is 59.4 Å². The fourth-order valence-electron chi connectivity index (χ4n) is 1.99. The van der Waals surface area contributed by atoms with E-state index in [1.165, 1.54) is 17.0 Å². The lowest BCUT2D eigenvalue weighted by molar-refractivity contribution is 0.0993. The molecule has 2 aromatic rings. The molecule has 0 N–H and O–H groups in total. The van der Waals surface area contributed by atoms with Gasteiger partial charge < -0.3 is 9.64 Å². The molecule has 0 fully saturated rings. The predicted molar refractivity (Wildman–Crippen MR) is 76.9 cm³/mol. The van der Waals surface area contributed by atoms with E-state index in [9.17, 15) is 9.18 Å². The van der Waals surface area contributed by atoms with Crippen molar-refractivity contribution < 1.29 is 13.9 Å². The smallest absolute Gasteiger partial charge is 0.258 e. The largest absolute Gasteiger partial charge is 0.496 e. The summed E-state index contributed by atoms with van der Waals surface area (Å²) in [4.78, 5) is 13.9. The third kappa shape index (κ3) is 2.79. The van der Waals surface area contributed by atoms with Crippen LogP contribution in [0.15, 0.2) is 42.5 Å².